The molecular weight excluding hydrogens is 451 g/mol. The van der Waals surface area contributed by atoms with Gasteiger partial charge in [0, 0.05) is 24.0 Å². The van der Waals surface area contributed by atoms with Crippen molar-refractivity contribution in [3.63, 3.8) is 0 Å². The quantitative estimate of drug-likeness (QED) is 0.412. The van der Waals surface area contributed by atoms with E-state index in [-0.39, 0.29) is 36.6 Å². The second-order valence-electron chi connectivity index (χ2n) is 8.47. The maximum Gasteiger partial charge on any atom is 0.243 e. The summed E-state index contributed by atoms with van der Waals surface area (Å²) in [5.41, 5.74) is 2.51. The summed E-state index contributed by atoms with van der Waals surface area (Å²) in [5.74, 6) is -0.741. The number of benzene rings is 3. The number of hydrogen-bond donors (Lipinski definition) is 1. The van der Waals surface area contributed by atoms with E-state index in [9.17, 15) is 14.0 Å². The largest absolute Gasteiger partial charge is 0.352 e. The van der Waals surface area contributed by atoms with Crippen molar-refractivity contribution in [3.05, 3.63) is 106 Å². The van der Waals surface area contributed by atoms with Gasteiger partial charge in [0.2, 0.25) is 11.8 Å². The van der Waals surface area contributed by atoms with Crippen LogP contribution in [0.1, 0.15) is 37.0 Å². The first-order chi connectivity index (χ1) is 16.4. The van der Waals surface area contributed by atoms with Gasteiger partial charge in [-0.1, -0.05) is 73.1 Å². The molecule has 178 valence electrons. The van der Waals surface area contributed by atoms with Crippen molar-refractivity contribution in [1.82, 2.24) is 10.2 Å². The molecule has 4 nitrogen and oxygen atoms in total. The van der Waals surface area contributed by atoms with Crippen LogP contribution in [0.3, 0.4) is 0 Å². The topological polar surface area (TPSA) is 49.4 Å². The third kappa shape index (κ3) is 7.42. The lowest BCUT2D eigenvalue weighted by atomic mass is 10.0. The highest BCUT2D eigenvalue weighted by molar-refractivity contribution is 6.30. The van der Waals surface area contributed by atoms with Gasteiger partial charge in [-0.25, -0.2) is 4.39 Å². The van der Waals surface area contributed by atoms with Gasteiger partial charge in [-0.3, -0.25) is 9.59 Å². The fourth-order valence-electron chi connectivity index (χ4n) is 3.66. The summed E-state index contributed by atoms with van der Waals surface area (Å²) in [4.78, 5) is 28.6. The maximum atomic E-state index is 13.6. The predicted octanol–water partition coefficient (Wildman–Crippen LogP) is 5.58. The van der Waals surface area contributed by atoms with Crippen molar-refractivity contribution in [1.29, 1.82) is 0 Å². The first kappa shape index (κ1) is 25.4. The van der Waals surface area contributed by atoms with Gasteiger partial charge >= 0.3 is 0 Å². The molecule has 0 bridgehead atoms. The lowest BCUT2D eigenvalue weighted by Gasteiger charge is -2.32. The molecule has 0 aliphatic rings. The highest BCUT2D eigenvalue weighted by atomic mass is 35.5. The molecular formula is C28H30ClFN2O2. The number of rotatable bonds is 10. The van der Waals surface area contributed by atoms with Crippen molar-refractivity contribution in [3.8, 4) is 0 Å². The molecule has 2 atom stereocenters. The standard InChI is InChI=1S/C28H30ClFN2O2/c1-3-20(2)31-28(34)26(17-21-7-5-4-6-8-21)32(19-23-11-15-25(30)16-12-23)27(33)18-22-9-13-24(29)14-10-22/h4-16,20,26H,3,17-19H2,1-2H3,(H,31,34)/t20-,26-/m0/s1. The first-order valence-corrected chi connectivity index (χ1v) is 11.9. The van der Waals surface area contributed by atoms with Crippen molar-refractivity contribution >= 4 is 23.4 Å². The second kappa shape index (κ2) is 12.3. The minimum absolute atomic E-state index is 0.0233. The second-order valence-corrected chi connectivity index (χ2v) is 8.91. The van der Waals surface area contributed by atoms with Crippen molar-refractivity contribution in [2.24, 2.45) is 0 Å². The Morgan fingerprint density at radius 1 is 0.912 bits per heavy atom. The number of nitrogens with one attached hydrogen (secondary N) is 1. The van der Waals surface area contributed by atoms with Gasteiger partial charge in [-0.15, -0.1) is 0 Å². The van der Waals surface area contributed by atoms with Crippen LogP contribution in [0.15, 0.2) is 78.9 Å². The SMILES string of the molecule is CC[C@H](C)NC(=O)[C@H](Cc1ccccc1)N(Cc1ccc(F)cc1)C(=O)Cc1ccc(Cl)cc1. The van der Waals surface area contributed by atoms with E-state index in [4.69, 9.17) is 11.6 Å². The molecule has 3 rings (SSSR count). The van der Waals surface area contributed by atoms with E-state index in [0.29, 0.717) is 11.4 Å². The van der Waals surface area contributed by atoms with Crippen molar-refractivity contribution in [2.75, 3.05) is 0 Å². The Kier molecular flexibility index (Phi) is 9.23. The zero-order chi connectivity index (χ0) is 24.5. The molecule has 0 saturated heterocycles. The Bertz CT molecular complexity index is 1070. The summed E-state index contributed by atoms with van der Waals surface area (Å²) in [5, 5.41) is 3.63. The molecule has 1 N–H and O–H groups in total. The minimum atomic E-state index is -0.721. The molecule has 0 aliphatic heterocycles. The zero-order valence-corrected chi connectivity index (χ0v) is 20.3. The van der Waals surface area contributed by atoms with E-state index >= 15 is 0 Å². The Hall–Kier alpha value is -3.18. The molecule has 0 aliphatic carbocycles. The molecule has 2 amide bonds. The van der Waals surface area contributed by atoms with Crippen LogP contribution in [0, 0.1) is 5.82 Å². The summed E-state index contributed by atoms with van der Waals surface area (Å²) in [6, 6.07) is 22.0. The fourth-order valence-corrected chi connectivity index (χ4v) is 3.79. The molecule has 0 spiro atoms. The van der Waals surface area contributed by atoms with Gasteiger partial charge in [-0.2, -0.15) is 0 Å². The molecule has 0 unspecified atom stereocenters. The molecule has 0 heterocycles. The fraction of sp³-hybridized carbons (Fsp3) is 0.286. The normalized spacial score (nSPS) is 12.6. The van der Waals surface area contributed by atoms with E-state index in [1.165, 1.54) is 12.1 Å². The van der Waals surface area contributed by atoms with Crippen LogP contribution in [0.2, 0.25) is 5.02 Å². The highest BCUT2D eigenvalue weighted by Gasteiger charge is 2.31. The number of nitrogens with zero attached hydrogens (tertiary/aromatic N) is 1. The molecule has 3 aromatic carbocycles. The lowest BCUT2D eigenvalue weighted by molar-refractivity contribution is -0.141. The summed E-state index contributed by atoms with van der Waals surface area (Å²) < 4.78 is 13.5. The van der Waals surface area contributed by atoms with Crippen LogP contribution in [0.5, 0.6) is 0 Å². The van der Waals surface area contributed by atoms with Crippen LogP contribution in [-0.2, 0) is 29.0 Å². The van der Waals surface area contributed by atoms with Crippen molar-refractivity contribution in [2.45, 2.75) is 51.7 Å². The zero-order valence-electron chi connectivity index (χ0n) is 19.5. The maximum absolute atomic E-state index is 13.6. The van der Waals surface area contributed by atoms with Gasteiger partial charge in [0.1, 0.15) is 11.9 Å². The van der Waals surface area contributed by atoms with E-state index in [1.54, 1.807) is 29.2 Å². The molecule has 6 heteroatoms. The Morgan fingerprint density at radius 3 is 2.15 bits per heavy atom. The number of hydrogen-bond acceptors (Lipinski definition) is 2. The van der Waals surface area contributed by atoms with Crippen LogP contribution >= 0.6 is 11.6 Å². The van der Waals surface area contributed by atoms with E-state index in [1.807, 2.05) is 56.3 Å². The Labute approximate surface area is 205 Å². The van der Waals surface area contributed by atoms with Gasteiger partial charge in [0.15, 0.2) is 0 Å². The lowest BCUT2D eigenvalue weighted by Crippen LogP contribution is -2.52. The van der Waals surface area contributed by atoms with E-state index in [2.05, 4.69) is 5.32 Å². The van der Waals surface area contributed by atoms with Gasteiger partial charge in [0.05, 0.1) is 6.42 Å². The van der Waals surface area contributed by atoms with Crippen LogP contribution < -0.4 is 5.32 Å². The predicted molar refractivity (Wildman–Crippen MR) is 134 cm³/mol. The average molecular weight is 481 g/mol. The Balaban J connectivity index is 1.95. The van der Waals surface area contributed by atoms with Crippen LogP contribution in [0.25, 0.3) is 0 Å². The summed E-state index contributed by atoms with van der Waals surface area (Å²) in [7, 11) is 0. The summed E-state index contributed by atoms with van der Waals surface area (Å²) in [6.07, 6.45) is 1.28. The third-order valence-corrected chi connectivity index (χ3v) is 6.06. The summed E-state index contributed by atoms with van der Waals surface area (Å²) >= 11 is 6.00. The summed E-state index contributed by atoms with van der Waals surface area (Å²) in [6.45, 7) is 4.13. The monoisotopic (exact) mass is 480 g/mol. The first-order valence-electron chi connectivity index (χ1n) is 11.5. The van der Waals surface area contributed by atoms with Gasteiger partial charge in [0.25, 0.3) is 0 Å². The van der Waals surface area contributed by atoms with Crippen LogP contribution in [0.4, 0.5) is 4.39 Å². The molecule has 0 saturated carbocycles. The molecule has 3 aromatic rings. The average Bonchev–Trinajstić information content (AvgIpc) is 2.84. The Morgan fingerprint density at radius 2 is 1.53 bits per heavy atom. The van der Waals surface area contributed by atoms with E-state index in [0.717, 1.165) is 23.1 Å². The molecule has 0 aromatic heterocycles. The number of carbonyl (C=O) groups is 2. The number of amides is 2. The van der Waals surface area contributed by atoms with Crippen LogP contribution in [-0.4, -0.2) is 28.8 Å². The highest BCUT2D eigenvalue weighted by Crippen LogP contribution is 2.18. The number of carbonyl (C=O) groups excluding carboxylic acids is 2. The smallest absolute Gasteiger partial charge is 0.243 e. The minimum Gasteiger partial charge on any atom is -0.352 e. The number of halogens is 2. The van der Waals surface area contributed by atoms with Gasteiger partial charge in [-0.05, 0) is 54.3 Å². The third-order valence-electron chi connectivity index (χ3n) is 5.81. The molecule has 0 fully saturated rings. The van der Waals surface area contributed by atoms with Gasteiger partial charge < -0.3 is 10.2 Å². The molecule has 34 heavy (non-hydrogen) atoms. The van der Waals surface area contributed by atoms with E-state index < -0.39 is 6.04 Å². The molecule has 0 radical (unpaired) electrons. The van der Waals surface area contributed by atoms with Crippen molar-refractivity contribution < 1.29 is 14.0 Å².